The van der Waals surface area contributed by atoms with E-state index >= 15 is 0 Å². The molecule has 0 heterocycles. The zero-order valence-electron chi connectivity index (χ0n) is 12.9. The molecule has 126 valence electrons. The third kappa shape index (κ3) is 4.28. The number of rotatable bonds is 5. The molecule has 2 rings (SSSR count). The fourth-order valence-corrected chi connectivity index (χ4v) is 1.89. The molecule has 0 aromatic heterocycles. The highest BCUT2D eigenvalue weighted by Gasteiger charge is 2.11. The summed E-state index contributed by atoms with van der Waals surface area (Å²) in [6.45, 7) is 0. The Labute approximate surface area is 136 Å². The van der Waals surface area contributed by atoms with Crippen LogP contribution in [-0.2, 0) is 4.79 Å². The van der Waals surface area contributed by atoms with Gasteiger partial charge in [-0.05, 0) is 23.8 Å². The van der Waals surface area contributed by atoms with E-state index in [2.05, 4.69) is 5.32 Å². The summed E-state index contributed by atoms with van der Waals surface area (Å²) in [5.41, 5.74) is 0.152. The fourth-order valence-electron chi connectivity index (χ4n) is 1.89. The predicted molar refractivity (Wildman–Crippen MR) is 83.5 cm³/mol. The second-order valence-corrected chi connectivity index (χ2v) is 4.71. The molecule has 2 aromatic carbocycles. The van der Waals surface area contributed by atoms with Crippen molar-refractivity contribution in [1.29, 1.82) is 0 Å². The lowest BCUT2D eigenvalue weighted by Gasteiger charge is -2.06. The summed E-state index contributed by atoms with van der Waals surface area (Å²) in [6, 6.07) is 5.91. The van der Waals surface area contributed by atoms with Gasteiger partial charge in [-0.25, -0.2) is 13.2 Å². The fraction of sp³-hybridized carbons (Fsp3) is 0.118. The standard InChI is InChI=1S/C17H14F3NO3/c1-23-11-5-10(6-12(7-11)24-2)3-4-17(22)21-16-9-14(19)13(18)8-15(16)20/h3-9H,1-2H3,(H,21,22). The van der Waals surface area contributed by atoms with Crippen LogP contribution in [0.4, 0.5) is 18.9 Å². The van der Waals surface area contributed by atoms with Gasteiger partial charge in [0.25, 0.3) is 0 Å². The lowest BCUT2D eigenvalue weighted by atomic mass is 10.2. The highest BCUT2D eigenvalue weighted by Crippen LogP contribution is 2.23. The highest BCUT2D eigenvalue weighted by atomic mass is 19.2. The van der Waals surface area contributed by atoms with Crippen LogP contribution in [0.25, 0.3) is 6.08 Å². The van der Waals surface area contributed by atoms with E-state index < -0.39 is 29.0 Å². The number of amides is 1. The number of methoxy groups -OCH3 is 2. The summed E-state index contributed by atoms with van der Waals surface area (Å²) in [7, 11) is 2.97. The van der Waals surface area contributed by atoms with E-state index in [1.807, 2.05) is 0 Å². The van der Waals surface area contributed by atoms with Crippen LogP contribution >= 0.6 is 0 Å². The van der Waals surface area contributed by atoms with Gasteiger partial charge in [-0.1, -0.05) is 0 Å². The quantitative estimate of drug-likeness (QED) is 0.667. The minimum absolute atomic E-state index is 0.363. The second kappa shape index (κ2) is 7.54. The average molecular weight is 337 g/mol. The third-order valence-corrected chi connectivity index (χ3v) is 3.07. The molecular weight excluding hydrogens is 323 g/mol. The summed E-state index contributed by atoms with van der Waals surface area (Å²) in [5.74, 6) is -3.31. The van der Waals surface area contributed by atoms with Gasteiger partial charge in [-0.15, -0.1) is 0 Å². The molecule has 0 aliphatic heterocycles. The molecule has 0 fully saturated rings. The first-order chi connectivity index (χ1) is 11.4. The Morgan fingerprint density at radius 3 is 2.08 bits per heavy atom. The van der Waals surface area contributed by atoms with Crippen LogP contribution < -0.4 is 14.8 Å². The molecule has 2 aromatic rings. The third-order valence-electron chi connectivity index (χ3n) is 3.07. The van der Waals surface area contributed by atoms with Crippen LogP contribution in [0.15, 0.2) is 36.4 Å². The summed E-state index contributed by atoms with van der Waals surface area (Å²) in [6.07, 6.45) is 2.56. The molecule has 24 heavy (non-hydrogen) atoms. The predicted octanol–water partition coefficient (Wildman–Crippen LogP) is 3.77. The molecule has 0 spiro atoms. The van der Waals surface area contributed by atoms with E-state index in [-0.39, 0.29) is 0 Å². The van der Waals surface area contributed by atoms with Crippen LogP contribution in [-0.4, -0.2) is 20.1 Å². The molecular formula is C17H14F3NO3. The topological polar surface area (TPSA) is 47.6 Å². The highest BCUT2D eigenvalue weighted by molar-refractivity contribution is 6.02. The van der Waals surface area contributed by atoms with Crippen molar-refractivity contribution >= 4 is 17.7 Å². The van der Waals surface area contributed by atoms with Crippen molar-refractivity contribution in [2.75, 3.05) is 19.5 Å². The minimum Gasteiger partial charge on any atom is -0.497 e. The molecule has 4 nitrogen and oxygen atoms in total. The maximum absolute atomic E-state index is 13.5. The number of anilines is 1. The zero-order valence-corrected chi connectivity index (χ0v) is 12.9. The van der Waals surface area contributed by atoms with Crippen LogP contribution in [0.1, 0.15) is 5.56 Å². The largest absolute Gasteiger partial charge is 0.497 e. The smallest absolute Gasteiger partial charge is 0.248 e. The number of carbonyl (C=O) groups excluding carboxylic acids is 1. The Morgan fingerprint density at radius 1 is 0.917 bits per heavy atom. The van der Waals surface area contributed by atoms with Gasteiger partial charge < -0.3 is 14.8 Å². The van der Waals surface area contributed by atoms with Crippen molar-refractivity contribution < 1.29 is 27.4 Å². The van der Waals surface area contributed by atoms with Crippen molar-refractivity contribution in [2.45, 2.75) is 0 Å². The van der Waals surface area contributed by atoms with E-state index in [1.165, 1.54) is 20.3 Å². The molecule has 0 aliphatic carbocycles. The van der Waals surface area contributed by atoms with E-state index in [0.717, 1.165) is 6.08 Å². The molecule has 7 heteroatoms. The lowest BCUT2D eigenvalue weighted by molar-refractivity contribution is -0.111. The number of hydrogen-bond acceptors (Lipinski definition) is 3. The van der Waals surface area contributed by atoms with Crippen molar-refractivity contribution in [3.8, 4) is 11.5 Å². The number of nitrogens with one attached hydrogen (secondary N) is 1. The van der Waals surface area contributed by atoms with Crippen molar-refractivity contribution in [2.24, 2.45) is 0 Å². The Bertz CT molecular complexity index is 769. The van der Waals surface area contributed by atoms with Crippen molar-refractivity contribution in [3.63, 3.8) is 0 Å². The molecule has 0 unspecified atom stereocenters. The first kappa shape index (κ1) is 17.4. The van der Waals surface area contributed by atoms with Gasteiger partial charge in [-0.2, -0.15) is 0 Å². The van der Waals surface area contributed by atoms with E-state index in [4.69, 9.17) is 9.47 Å². The van der Waals surface area contributed by atoms with Gasteiger partial charge in [0.1, 0.15) is 17.3 Å². The number of ether oxygens (including phenoxy) is 2. The first-order valence-corrected chi connectivity index (χ1v) is 6.79. The van der Waals surface area contributed by atoms with Gasteiger partial charge in [-0.3, -0.25) is 4.79 Å². The maximum atomic E-state index is 13.5. The summed E-state index contributed by atoms with van der Waals surface area (Å²) in [4.78, 5) is 11.8. The van der Waals surface area contributed by atoms with Gasteiger partial charge in [0.2, 0.25) is 5.91 Å². The van der Waals surface area contributed by atoms with Crippen LogP contribution in [0.5, 0.6) is 11.5 Å². The zero-order chi connectivity index (χ0) is 17.7. The number of hydrogen-bond donors (Lipinski definition) is 1. The molecule has 1 amide bonds. The van der Waals surface area contributed by atoms with Gasteiger partial charge >= 0.3 is 0 Å². The van der Waals surface area contributed by atoms with Crippen molar-refractivity contribution in [1.82, 2.24) is 0 Å². The van der Waals surface area contributed by atoms with E-state index in [1.54, 1.807) is 18.2 Å². The van der Waals surface area contributed by atoms with Gasteiger partial charge in [0, 0.05) is 24.3 Å². The summed E-state index contributed by atoms with van der Waals surface area (Å²) >= 11 is 0. The monoisotopic (exact) mass is 337 g/mol. The normalized spacial score (nSPS) is 10.7. The Balaban J connectivity index is 2.15. The molecule has 0 saturated heterocycles. The Hall–Kier alpha value is -2.96. The Kier molecular flexibility index (Phi) is 5.47. The van der Waals surface area contributed by atoms with Gasteiger partial charge in [0.15, 0.2) is 11.6 Å². The van der Waals surface area contributed by atoms with Gasteiger partial charge in [0.05, 0.1) is 19.9 Å². The lowest BCUT2D eigenvalue weighted by Crippen LogP contribution is -2.10. The molecule has 0 saturated carbocycles. The number of carbonyl (C=O) groups is 1. The number of halogens is 3. The maximum Gasteiger partial charge on any atom is 0.248 e. The number of benzene rings is 2. The minimum atomic E-state index is -1.33. The second-order valence-electron chi connectivity index (χ2n) is 4.71. The molecule has 0 radical (unpaired) electrons. The molecule has 0 aliphatic rings. The summed E-state index contributed by atoms with van der Waals surface area (Å²) < 4.78 is 49.6. The van der Waals surface area contributed by atoms with Crippen LogP contribution in [0.3, 0.4) is 0 Å². The molecule has 0 atom stereocenters. The van der Waals surface area contributed by atoms with Crippen LogP contribution in [0.2, 0.25) is 0 Å². The van der Waals surface area contributed by atoms with Crippen molar-refractivity contribution in [3.05, 3.63) is 59.4 Å². The SMILES string of the molecule is COc1cc(C=CC(=O)Nc2cc(F)c(F)cc2F)cc(OC)c1. The summed E-state index contributed by atoms with van der Waals surface area (Å²) in [5, 5.41) is 2.14. The van der Waals surface area contributed by atoms with E-state index in [9.17, 15) is 18.0 Å². The van der Waals surface area contributed by atoms with Crippen LogP contribution in [0, 0.1) is 17.5 Å². The molecule has 0 bridgehead atoms. The van der Waals surface area contributed by atoms with E-state index in [0.29, 0.717) is 29.2 Å². The first-order valence-electron chi connectivity index (χ1n) is 6.79. The molecule has 1 N–H and O–H groups in total. The average Bonchev–Trinajstić information content (AvgIpc) is 2.57. The Morgan fingerprint density at radius 2 is 1.50 bits per heavy atom.